The minimum absolute atomic E-state index is 0.303. The molecule has 0 bridgehead atoms. The van der Waals surface area contributed by atoms with E-state index in [9.17, 15) is 18.8 Å². The number of nitrogens with zero attached hydrogens (tertiary/aromatic N) is 1. The van der Waals surface area contributed by atoms with E-state index in [1.165, 1.54) is 24.3 Å². The molecule has 1 aromatic rings. The second-order valence-electron chi connectivity index (χ2n) is 5.79. The highest BCUT2D eigenvalue weighted by atomic mass is 19.1. The molecule has 2 N–H and O–H groups in total. The molecule has 0 unspecified atom stereocenters. The van der Waals surface area contributed by atoms with Crippen LogP contribution in [0.5, 0.6) is 0 Å². The number of rotatable bonds is 7. The Labute approximate surface area is 140 Å². The highest BCUT2D eigenvalue weighted by Crippen LogP contribution is 2.32. The molecule has 1 saturated heterocycles. The minimum Gasteiger partial charge on any atom is -0.355 e. The Kier molecular flexibility index (Phi) is 5.54. The van der Waals surface area contributed by atoms with Gasteiger partial charge in [-0.15, -0.1) is 0 Å². The van der Waals surface area contributed by atoms with Crippen molar-refractivity contribution in [1.29, 1.82) is 0 Å². The molecule has 2 rings (SSSR count). The van der Waals surface area contributed by atoms with Crippen LogP contribution in [-0.2, 0) is 15.1 Å². The summed E-state index contributed by atoms with van der Waals surface area (Å²) in [4.78, 5) is 37.8. The fourth-order valence-electron chi connectivity index (χ4n) is 2.75. The third-order valence-corrected chi connectivity index (χ3v) is 4.20. The van der Waals surface area contributed by atoms with Crippen molar-refractivity contribution in [3.8, 4) is 0 Å². The summed E-state index contributed by atoms with van der Waals surface area (Å²) in [6, 6.07) is 4.82. The molecule has 1 aliphatic heterocycles. The third kappa shape index (κ3) is 3.39. The van der Waals surface area contributed by atoms with E-state index >= 15 is 0 Å². The average Bonchev–Trinajstić information content (AvgIpc) is 2.81. The van der Waals surface area contributed by atoms with Gasteiger partial charge in [-0.3, -0.25) is 14.5 Å². The van der Waals surface area contributed by atoms with E-state index in [-0.39, 0.29) is 12.5 Å². The van der Waals surface area contributed by atoms with Gasteiger partial charge in [-0.25, -0.2) is 9.18 Å². The number of unbranched alkanes of at least 4 members (excludes halogenated alkanes) is 1. The Bertz CT molecular complexity index is 632. The first-order valence-electron chi connectivity index (χ1n) is 8.11. The van der Waals surface area contributed by atoms with E-state index in [2.05, 4.69) is 10.6 Å². The monoisotopic (exact) mass is 335 g/mol. The van der Waals surface area contributed by atoms with E-state index in [0.717, 1.165) is 17.7 Å². The number of urea groups is 1. The lowest BCUT2D eigenvalue weighted by Crippen LogP contribution is -2.44. The van der Waals surface area contributed by atoms with E-state index in [1.54, 1.807) is 6.92 Å². The molecule has 7 heteroatoms. The Hall–Kier alpha value is -2.44. The van der Waals surface area contributed by atoms with Crippen LogP contribution in [0.3, 0.4) is 0 Å². The number of benzene rings is 1. The first-order chi connectivity index (χ1) is 11.4. The van der Waals surface area contributed by atoms with Crippen molar-refractivity contribution >= 4 is 17.8 Å². The predicted octanol–water partition coefficient (Wildman–Crippen LogP) is 1.90. The zero-order chi connectivity index (χ0) is 17.7. The molecule has 1 fully saturated rings. The molecule has 1 atom stereocenters. The molecule has 0 saturated carbocycles. The van der Waals surface area contributed by atoms with Crippen LogP contribution >= 0.6 is 0 Å². The molecule has 24 heavy (non-hydrogen) atoms. The highest BCUT2D eigenvalue weighted by molar-refractivity contribution is 6.09. The molecule has 1 aliphatic rings. The maximum Gasteiger partial charge on any atom is 0.325 e. The molecule has 1 aromatic carbocycles. The Morgan fingerprint density at radius 2 is 1.92 bits per heavy atom. The summed E-state index contributed by atoms with van der Waals surface area (Å²) in [5.41, 5.74) is -0.757. The van der Waals surface area contributed by atoms with Gasteiger partial charge in [0.2, 0.25) is 5.91 Å². The second kappa shape index (κ2) is 7.42. The fourth-order valence-corrected chi connectivity index (χ4v) is 2.75. The van der Waals surface area contributed by atoms with Crippen molar-refractivity contribution < 1.29 is 18.8 Å². The van der Waals surface area contributed by atoms with E-state index in [0.29, 0.717) is 18.5 Å². The summed E-state index contributed by atoms with van der Waals surface area (Å²) < 4.78 is 13.1. The van der Waals surface area contributed by atoms with Gasteiger partial charge in [0.05, 0.1) is 0 Å². The quantitative estimate of drug-likeness (QED) is 0.590. The van der Waals surface area contributed by atoms with Crippen LogP contribution < -0.4 is 10.6 Å². The van der Waals surface area contributed by atoms with Gasteiger partial charge in [0.1, 0.15) is 17.9 Å². The number of hydrogen-bond acceptors (Lipinski definition) is 3. The fraction of sp³-hybridized carbons (Fsp3) is 0.471. The van der Waals surface area contributed by atoms with Crippen molar-refractivity contribution in [2.75, 3.05) is 13.1 Å². The van der Waals surface area contributed by atoms with Crippen molar-refractivity contribution in [2.45, 2.75) is 38.6 Å². The summed E-state index contributed by atoms with van der Waals surface area (Å²) in [7, 11) is 0. The Morgan fingerprint density at radius 1 is 1.25 bits per heavy atom. The number of carbonyl (C=O) groups excluding carboxylic acids is 3. The molecule has 4 amide bonds. The normalized spacial score (nSPS) is 20.2. The van der Waals surface area contributed by atoms with Gasteiger partial charge >= 0.3 is 6.03 Å². The maximum atomic E-state index is 13.1. The molecule has 130 valence electrons. The Balaban J connectivity index is 2.16. The average molecular weight is 335 g/mol. The third-order valence-electron chi connectivity index (χ3n) is 4.20. The van der Waals surface area contributed by atoms with Crippen LogP contribution in [0.1, 0.15) is 38.7 Å². The largest absolute Gasteiger partial charge is 0.355 e. The molecule has 6 nitrogen and oxygen atoms in total. The molecule has 0 radical (unpaired) electrons. The van der Waals surface area contributed by atoms with Gasteiger partial charge in [-0.2, -0.15) is 0 Å². The van der Waals surface area contributed by atoms with Gasteiger partial charge in [-0.05, 0) is 30.5 Å². The van der Waals surface area contributed by atoms with Gasteiger partial charge in [0.25, 0.3) is 5.91 Å². The number of nitrogens with one attached hydrogen (secondary N) is 2. The van der Waals surface area contributed by atoms with Crippen LogP contribution in [0.4, 0.5) is 9.18 Å². The van der Waals surface area contributed by atoms with E-state index in [4.69, 9.17) is 0 Å². The number of halogens is 1. The molecule has 0 spiro atoms. The summed E-state index contributed by atoms with van der Waals surface area (Å²) in [5.74, 6) is -1.29. The first-order valence-corrected chi connectivity index (χ1v) is 8.11. The number of imide groups is 1. The standard InChI is InChI=1S/C17H22FN3O3/c1-3-5-10-19-14(22)11-21-15(23)17(4-2,20-16(21)24)12-6-8-13(18)9-7-12/h6-9H,3-5,10-11H2,1-2H3,(H,19,22)(H,20,24)/t17-/m0/s1. The SMILES string of the molecule is CCCCNC(=O)CN1C(=O)N[C@@](CC)(c2ccc(F)cc2)C1=O. The molecule has 1 heterocycles. The maximum absolute atomic E-state index is 13.1. The highest BCUT2D eigenvalue weighted by Gasteiger charge is 2.51. The second-order valence-corrected chi connectivity index (χ2v) is 5.79. The zero-order valence-corrected chi connectivity index (χ0v) is 13.9. The number of hydrogen-bond donors (Lipinski definition) is 2. The Morgan fingerprint density at radius 3 is 2.50 bits per heavy atom. The van der Waals surface area contributed by atoms with Crippen LogP contribution in [0.15, 0.2) is 24.3 Å². The summed E-state index contributed by atoms with van der Waals surface area (Å²) in [5, 5.41) is 5.34. The minimum atomic E-state index is -1.26. The lowest BCUT2D eigenvalue weighted by molar-refractivity contribution is -0.135. The predicted molar refractivity (Wildman–Crippen MR) is 86.5 cm³/mol. The number of amides is 4. The number of carbonyl (C=O) groups is 3. The summed E-state index contributed by atoms with van der Waals surface area (Å²) >= 11 is 0. The van der Waals surface area contributed by atoms with Gasteiger partial charge < -0.3 is 10.6 Å². The van der Waals surface area contributed by atoms with Crippen LogP contribution in [0.25, 0.3) is 0 Å². The van der Waals surface area contributed by atoms with Crippen molar-refractivity contribution in [2.24, 2.45) is 0 Å². The molecular formula is C17H22FN3O3. The van der Waals surface area contributed by atoms with E-state index in [1.807, 2.05) is 6.92 Å². The lowest BCUT2D eigenvalue weighted by atomic mass is 9.87. The lowest BCUT2D eigenvalue weighted by Gasteiger charge is -2.25. The summed E-state index contributed by atoms with van der Waals surface area (Å²) in [6.45, 7) is 3.95. The van der Waals surface area contributed by atoms with Gasteiger partial charge in [-0.1, -0.05) is 32.4 Å². The van der Waals surface area contributed by atoms with Crippen molar-refractivity contribution in [3.05, 3.63) is 35.6 Å². The zero-order valence-electron chi connectivity index (χ0n) is 13.9. The van der Waals surface area contributed by atoms with Gasteiger partial charge in [0, 0.05) is 6.54 Å². The summed E-state index contributed by atoms with van der Waals surface area (Å²) in [6.07, 6.45) is 2.07. The van der Waals surface area contributed by atoms with Crippen LogP contribution in [0, 0.1) is 5.82 Å². The van der Waals surface area contributed by atoms with Crippen LogP contribution in [-0.4, -0.2) is 35.8 Å². The molecule has 0 aromatic heterocycles. The van der Waals surface area contributed by atoms with Gasteiger partial charge in [0.15, 0.2) is 0 Å². The topological polar surface area (TPSA) is 78.5 Å². The first kappa shape index (κ1) is 17.9. The van der Waals surface area contributed by atoms with Crippen LogP contribution in [0.2, 0.25) is 0 Å². The van der Waals surface area contributed by atoms with Crippen molar-refractivity contribution in [1.82, 2.24) is 15.5 Å². The smallest absolute Gasteiger partial charge is 0.325 e. The molecule has 0 aliphatic carbocycles. The molecular weight excluding hydrogens is 313 g/mol. The van der Waals surface area contributed by atoms with E-state index < -0.39 is 23.3 Å². The van der Waals surface area contributed by atoms with Crippen molar-refractivity contribution in [3.63, 3.8) is 0 Å².